The maximum atomic E-state index is 13.8. The number of hydrogen-bond donors (Lipinski definition) is 0. The van der Waals surface area contributed by atoms with Crippen molar-refractivity contribution in [3.63, 3.8) is 0 Å². The van der Waals surface area contributed by atoms with Crippen molar-refractivity contribution in [3.8, 4) is 11.1 Å². The number of amides is 1. The highest BCUT2D eigenvalue weighted by Crippen LogP contribution is 2.40. The van der Waals surface area contributed by atoms with Gasteiger partial charge in [0.2, 0.25) is 0 Å². The smallest absolute Gasteiger partial charge is 0.339 e. The van der Waals surface area contributed by atoms with Crippen LogP contribution in [0.1, 0.15) is 102 Å². The monoisotopic (exact) mass is 502 g/mol. The maximum absolute atomic E-state index is 13.8. The van der Waals surface area contributed by atoms with E-state index in [0.717, 1.165) is 54.6 Å². The lowest BCUT2D eigenvalue weighted by Gasteiger charge is -2.33. The first kappa shape index (κ1) is 27.1. The molecule has 1 fully saturated rings. The molecule has 198 valence electrons. The van der Waals surface area contributed by atoms with Crippen LogP contribution in [-0.2, 0) is 16.1 Å². The fourth-order valence-corrected chi connectivity index (χ4v) is 5.60. The summed E-state index contributed by atoms with van der Waals surface area (Å²) in [5, 5.41) is 0. The van der Waals surface area contributed by atoms with Gasteiger partial charge in [-0.1, -0.05) is 75.1 Å². The summed E-state index contributed by atoms with van der Waals surface area (Å²) in [4.78, 5) is 33.7. The minimum absolute atomic E-state index is 0.157. The molecule has 0 N–H and O–H groups in total. The van der Waals surface area contributed by atoms with Crippen molar-refractivity contribution < 1.29 is 14.3 Å². The van der Waals surface area contributed by atoms with E-state index in [4.69, 9.17) is 9.73 Å². The summed E-state index contributed by atoms with van der Waals surface area (Å²) in [7, 11) is 0. The Morgan fingerprint density at radius 2 is 1.73 bits per heavy atom. The van der Waals surface area contributed by atoms with Gasteiger partial charge in [-0.2, -0.15) is 0 Å². The Labute approximate surface area is 222 Å². The summed E-state index contributed by atoms with van der Waals surface area (Å²) in [5.41, 5.74) is 2.22. The van der Waals surface area contributed by atoms with Gasteiger partial charge in [-0.05, 0) is 75.6 Å². The largest absolute Gasteiger partial charge is 0.456 e. The molecule has 2 aromatic carbocycles. The summed E-state index contributed by atoms with van der Waals surface area (Å²) < 4.78 is 5.63. The van der Waals surface area contributed by atoms with Crippen LogP contribution in [0.25, 0.3) is 11.1 Å². The van der Waals surface area contributed by atoms with E-state index in [-0.39, 0.29) is 11.9 Å². The number of aliphatic imine (C=N–C) groups is 1. The minimum atomic E-state index is -0.629. The molecule has 0 unspecified atom stereocenters. The van der Waals surface area contributed by atoms with Crippen LogP contribution >= 0.6 is 0 Å². The normalized spacial score (nSPS) is 20.7. The van der Waals surface area contributed by atoms with Gasteiger partial charge in [0, 0.05) is 6.42 Å². The molecule has 37 heavy (non-hydrogen) atoms. The Balaban J connectivity index is 1.55. The number of carbonyl (C=O) groups excluding carboxylic acids is 2. The predicted octanol–water partition coefficient (Wildman–Crippen LogP) is 7.58. The summed E-state index contributed by atoms with van der Waals surface area (Å²) in [6.07, 6.45) is 8.78. The zero-order valence-electron chi connectivity index (χ0n) is 23.2. The number of ether oxygens (including phenoxy) is 1. The van der Waals surface area contributed by atoms with Crippen LogP contribution in [0, 0.1) is 5.92 Å². The number of unbranched alkanes of at least 4 members (excludes halogenated alkanes) is 1. The Morgan fingerprint density at radius 3 is 2.38 bits per heavy atom. The van der Waals surface area contributed by atoms with Crippen molar-refractivity contribution in [2.75, 3.05) is 0 Å². The molecule has 0 aromatic heterocycles. The van der Waals surface area contributed by atoms with Gasteiger partial charge >= 0.3 is 5.97 Å². The lowest BCUT2D eigenvalue weighted by Crippen LogP contribution is -2.45. The SMILES string of the molecule is CCCCC1=N[C@@](C)(C2CCCCC2)C(=O)N1Cc1ccc(-c2ccccc2C(=O)OC(C)(C)C)cc1. The average molecular weight is 503 g/mol. The van der Waals surface area contributed by atoms with Crippen LogP contribution in [0.5, 0.6) is 0 Å². The van der Waals surface area contributed by atoms with E-state index < -0.39 is 11.1 Å². The number of esters is 1. The van der Waals surface area contributed by atoms with Crippen molar-refractivity contribution in [1.82, 2.24) is 4.90 Å². The number of hydrogen-bond acceptors (Lipinski definition) is 4. The van der Waals surface area contributed by atoms with E-state index in [1.807, 2.05) is 62.1 Å². The summed E-state index contributed by atoms with van der Waals surface area (Å²) >= 11 is 0. The molecule has 0 saturated heterocycles. The van der Waals surface area contributed by atoms with Gasteiger partial charge in [-0.15, -0.1) is 0 Å². The van der Waals surface area contributed by atoms with Crippen molar-refractivity contribution in [2.24, 2.45) is 10.9 Å². The molecular weight excluding hydrogens is 460 g/mol. The van der Waals surface area contributed by atoms with Gasteiger partial charge in [0.25, 0.3) is 5.91 Å². The molecular formula is C32H42N2O3. The van der Waals surface area contributed by atoms with Gasteiger partial charge in [0.1, 0.15) is 17.0 Å². The first-order chi connectivity index (χ1) is 17.6. The predicted molar refractivity (Wildman–Crippen MR) is 150 cm³/mol. The number of nitrogens with zero attached hydrogens (tertiary/aromatic N) is 2. The molecule has 1 heterocycles. The third kappa shape index (κ3) is 6.14. The maximum Gasteiger partial charge on any atom is 0.339 e. The Hall–Kier alpha value is -2.95. The molecule has 5 nitrogen and oxygen atoms in total. The highest BCUT2D eigenvalue weighted by molar-refractivity contribution is 6.08. The van der Waals surface area contributed by atoms with E-state index in [1.165, 1.54) is 19.3 Å². The highest BCUT2D eigenvalue weighted by Gasteiger charge is 2.49. The molecule has 0 radical (unpaired) electrons. The van der Waals surface area contributed by atoms with Crippen molar-refractivity contribution in [3.05, 3.63) is 59.7 Å². The summed E-state index contributed by atoms with van der Waals surface area (Å²) in [6.45, 7) is 10.4. The molecule has 0 spiro atoms. The van der Waals surface area contributed by atoms with Crippen molar-refractivity contribution >= 4 is 17.7 Å². The Bertz CT molecular complexity index is 1140. The number of carbonyl (C=O) groups is 2. The van der Waals surface area contributed by atoms with Crippen LogP contribution in [0.3, 0.4) is 0 Å². The Kier molecular flexibility index (Phi) is 8.20. The zero-order valence-corrected chi connectivity index (χ0v) is 23.2. The second kappa shape index (κ2) is 11.2. The molecule has 1 amide bonds. The molecule has 5 heteroatoms. The fourth-order valence-electron chi connectivity index (χ4n) is 5.60. The molecule has 2 aliphatic rings. The topological polar surface area (TPSA) is 59.0 Å². The average Bonchev–Trinajstić information content (AvgIpc) is 3.13. The van der Waals surface area contributed by atoms with E-state index in [9.17, 15) is 9.59 Å². The molecule has 1 aliphatic heterocycles. The molecule has 4 rings (SSSR count). The number of rotatable bonds is 8. The number of benzene rings is 2. The van der Waals surface area contributed by atoms with E-state index >= 15 is 0 Å². The number of amidine groups is 1. The van der Waals surface area contributed by atoms with Crippen LogP contribution in [-0.4, -0.2) is 33.8 Å². The van der Waals surface area contributed by atoms with Crippen molar-refractivity contribution in [2.45, 2.75) is 104 Å². The first-order valence-electron chi connectivity index (χ1n) is 13.9. The highest BCUT2D eigenvalue weighted by atomic mass is 16.6. The standard InChI is InChI=1S/C32H42N2O3/c1-6-7-17-28-33-32(5,25-13-9-8-10-14-25)30(36)34(28)22-23-18-20-24(21-19-23)26-15-11-12-16-27(26)29(35)37-31(2,3)4/h11-12,15-16,18-21,25H,6-10,13-14,17,22H2,1-5H3/t32-/m0/s1. The fraction of sp³-hybridized carbons (Fsp3) is 0.531. The van der Waals surface area contributed by atoms with Crippen molar-refractivity contribution in [1.29, 1.82) is 0 Å². The molecule has 2 aromatic rings. The van der Waals surface area contributed by atoms with Crippen LogP contribution in [0.2, 0.25) is 0 Å². The molecule has 1 atom stereocenters. The molecule has 0 bridgehead atoms. The summed E-state index contributed by atoms with van der Waals surface area (Å²) in [6, 6.07) is 15.7. The second-order valence-electron chi connectivity index (χ2n) is 11.7. The van der Waals surface area contributed by atoms with Gasteiger partial charge in [-0.25, -0.2) is 4.79 Å². The third-order valence-corrected chi connectivity index (χ3v) is 7.66. The van der Waals surface area contributed by atoms with E-state index in [1.54, 1.807) is 0 Å². The Morgan fingerprint density at radius 1 is 1.05 bits per heavy atom. The lowest BCUT2D eigenvalue weighted by molar-refractivity contribution is -0.133. The first-order valence-corrected chi connectivity index (χ1v) is 13.9. The molecule has 1 aliphatic carbocycles. The zero-order chi connectivity index (χ0) is 26.6. The van der Waals surface area contributed by atoms with Crippen LogP contribution < -0.4 is 0 Å². The van der Waals surface area contributed by atoms with Gasteiger partial charge in [-0.3, -0.25) is 14.7 Å². The van der Waals surface area contributed by atoms with Crippen LogP contribution in [0.4, 0.5) is 0 Å². The van der Waals surface area contributed by atoms with Gasteiger partial charge in [0.05, 0.1) is 12.1 Å². The lowest BCUT2D eigenvalue weighted by atomic mass is 9.75. The minimum Gasteiger partial charge on any atom is -0.456 e. The van der Waals surface area contributed by atoms with E-state index in [2.05, 4.69) is 26.0 Å². The van der Waals surface area contributed by atoms with Crippen LogP contribution in [0.15, 0.2) is 53.5 Å². The second-order valence-corrected chi connectivity index (χ2v) is 11.7. The molecule has 1 saturated carbocycles. The van der Waals surface area contributed by atoms with Gasteiger partial charge < -0.3 is 4.74 Å². The van der Waals surface area contributed by atoms with E-state index in [0.29, 0.717) is 18.0 Å². The quantitative estimate of drug-likeness (QED) is 0.350. The van der Waals surface area contributed by atoms with Gasteiger partial charge in [0.15, 0.2) is 0 Å². The third-order valence-electron chi connectivity index (χ3n) is 7.66. The summed E-state index contributed by atoms with van der Waals surface area (Å²) in [5.74, 6) is 1.11.